The molecule has 0 N–H and O–H groups in total. The van der Waals surface area contributed by atoms with E-state index in [1.165, 1.54) is 0 Å². The molecule has 0 aliphatic heterocycles. The Balaban J connectivity index is 1.90. The summed E-state index contributed by atoms with van der Waals surface area (Å²) >= 11 is 0. The van der Waals surface area contributed by atoms with Crippen molar-refractivity contribution in [3.05, 3.63) is 59.0 Å². The van der Waals surface area contributed by atoms with Gasteiger partial charge in [0.1, 0.15) is 17.1 Å². The Morgan fingerprint density at radius 2 is 1.78 bits per heavy atom. The van der Waals surface area contributed by atoms with Crippen molar-refractivity contribution in [1.29, 1.82) is 0 Å². The highest BCUT2D eigenvalue weighted by Crippen LogP contribution is 2.26. The van der Waals surface area contributed by atoms with E-state index in [2.05, 4.69) is 0 Å². The molecule has 27 heavy (non-hydrogen) atoms. The van der Waals surface area contributed by atoms with Crippen molar-refractivity contribution >= 4 is 16.9 Å². The van der Waals surface area contributed by atoms with Gasteiger partial charge in [-0.25, -0.2) is 9.59 Å². The van der Waals surface area contributed by atoms with E-state index in [4.69, 9.17) is 18.6 Å². The van der Waals surface area contributed by atoms with E-state index in [1.54, 1.807) is 69.5 Å². The minimum absolute atomic E-state index is 0.285. The second-order valence-electron chi connectivity index (χ2n) is 5.89. The van der Waals surface area contributed by atoms with Gasteiger partial charge >= 0.3 is 11.6 Å². The van der Waals surface area contributed by atoms with Gasteiger partial charge in [0.15, 0.2) is 6.10 Å². The van der Waals surface area contributed by atoms with Crippen LogP contribution in [0.1, 0.15) is 13.8 Å². The van der Waals surface area contributed by atoms with E-state index in [9.17, 15) is 9.59 Å². The molecular formula is C21H20O6. The summed E-state index contributed by atoms with van der Waals surface area (Å²) in [6, 6.07) is 14.0. The van der Waals surface area contributed by atoms with E-state index >= 15 is 0 Å². The van der Waals surface area contributed by atoms with Crippen molar-refractivity contribution in [2.75, 3.05) is 13.7 Å². The van der Waals surface area contributed by atoms with Crippen LogP contribution in [0.2, 0.25) is 0 Å². The van der Waals surface area contributed by atoms with Gasteiger partial charge in [0.2, 0.25) is 0 Å². The molecule has 0 aliphatic carbocycles. The molecule has 2 aromatic carbocycles. The van der Waals surface area contributed by atoms with Gasteiger partial charge < -0.3 is 18.6 Å². The SMILES string of the molecule is CCOC(=O)C(C)Oc1ccc2cc(-c3ccc(OC)cc3)c(=O)oc2c1. The second-order valence-corrected chi connectivity index (χ2v) is 5.89. The average Bonchev–Trinajstić information content (AvgIpc) is 2.67. The van der Waals surface area contributed by atoms with Crippen LogP contribution in [0.4, 0.5) is 0 Å². The maximum absolute atomic E-state index is 12.4. The minimum Gasteiger partial charge on any atom is -0.497 e. The molecule has 0 saturated carbocycles. The number of benzene rings is 2. The molecule has 1 atom stereocenters. The fraction of sp³-hybridized carbons (Fsp3) is 0.238. The Hall–Kier alpha value is -3.28. The van der Waals surface area contributed by atoms with Gasteiger partial charge in [-0.15, -0.1) is 0 Å². The molecular weight excluding hydrogens is 348 g/mol. The van der Waals surface area contributed by atoms with Crippen LogP contribution < -0.4 is 15.1 Å². The first-order valence-electron chi connectivity index (χ1n) is 8.57. The van der Waals surface area contributed by atoms with Crippen LogP contribution in [0.15, 0.2) is 57.7 Å². The molecule has 0 fully saturated rings. The molecule has 1 unspecified atom stereocenters. The van der Waals surface area contributed by atoms with Crippen LogP contribution in [0, 0.1) is 0 Å². The van der Waals surface area contributed by atoms with Crippen molar-refractivity contribution < 1.29 is 23.4 Å². The fourth-order valence-electron chi connectivity index (χ4n) is 2.65. The maximum Gasteiger partial charge on any atom is 0.347 e. The zero-order chi connectivity index (χ0) is 19.4. The Labute approximate surface area is 156 Å². The summed E-state index contributed by atoms with van der Waals surface area (Å²) in [6.45, 7) is 3.62. The molecule has 1 heterocycles. The van der Waals surface area contributed by atoms with E-state index in [0.29, 0.717) is 22.6 Å². The highest BCUT2D eigenvalue weighted by Gasteiger charge is 2.16. The summed E-state index contributed by atoms with van der Waals surface area (Å²) in [4.78, 5) is 24.1. The van der Waals surface area contributed by atoms with Crippen molar-refractivity contribution in [3.63, 3.8) is 0 Å². The Bertz CT molecular complexity index is 1000. The highest BCUT2D eigenvalue weighted by atomic mass is 16.6. The summed E-state index contributed by atoms with van der Waals surface area (Å²) in [5, 5.41) is 0.747. The number of rotatable bonds is 6. The lowest BCUT2D eigenvalue weighted by molar-refractivity contribution is -0.150. The standard InChI is InChI=1S/C21H20O6/c1-4-25-20(22)13(2)26-17-10-7-15-11-18(21(23)27-19(15)12-17)14-5-8-16(24-3)9-6-14/h5-13H,4H2,1-3H3. The Morgan fingerprint density at radius 1 is 1.07 bits per heavy atom. The Morgan fingerprint density at radius 3 is 2.44 bits per heavy atom. The average molecular weight is 368 g/mol. The van der Waals surface area contributed by atoms with Crippen LogP contribution in [0.25, 0.3) is 22.1 Å². The highest BCUT2D eigenvalue weighted by molar-refractivity contribution is 5.83. The smallest absolute Gasteiger partial charge is 0.347 e. The molecule has 1 aromatic heterocycles. The van der Waals surface area contributed by atoms with Crippen molar-refractivity contribution in [1.82, 2.24) is 0 Å². The normalized spacial score (nSPS) is 11.8. The first kappa shape index (κ1) is 18.5. The number of esters is 1. The maximum atomic E-state index is 12.4. The number of hydrogen-bond acceptors (Lipinski definition) is 6. The monoisotopic (exact) mass is 368 g/mol. The fourth-order valence-corrected chi connectivity index (χ4v) is 2.65. The number of carbonyl (C=O) groups is 1. The molecule has 140 valence electrons. The van der Waals surface area contributed by atoms with Gasteiger partial charge in [0, 0.05) is 11.5 Å². The molecule has 0 bridgehead atoms. The van der Waals surface area contributed by atoms with Crippen LogP contribution in [-0.4, -0.2) is 25.8 Å². The number of carbonyl (C=O) groups excluding carboxylic acids is 1. The van der Waals surface area contributed by atoms with E-state index in [-0.39, 0.29) is 6.61 Å². The van der Waals surface area contributed by atoms with Gasteiger partial charge in [-0.1, -0.05) is 12.1 Å². The van der Waals surface area contributed by atoms with Crippen LogP contribution in [0.3, 0.4) is 0 Å². The molecule has 6 nitrogen and oxygen atoms in total. The quantitative estimate of drug-likeness (QED) is 0.487. The van der Waals surface area contributed by atoms with Crippen LogP contribution in [0.5, 0.6) is 11.5 Å². The summed E-state index contributed by atoms with van der Waals surface area (Å²) in [6.07, 6.45) is -0.757. The predicted molar refractivity (Wildman–Crippen MR) is 101 cm³/mol. The Kier molecular flexibility index (Phi) is 5.45. The van der Waals surface area contributed by atoms with Gasteiger partial charge in [-0.2, -0.15) is 0 Å². The lowest BCUT2D eigenvalue weighted by Crippen LogP contribution is -2.26. The summed E-state index contributed by atoms with van der Waals surface area (Å²) in [5.74, 6) is 0.679. The third-order valence-corrected chi connectivity index (χ3v) is 4.04. The molecule has 0 aliphatic rings. The van der Waals surface area contributed by atoms with E-state index in [1.807, 2.05) is 0 Å². The molecule has 3 rings (SSSR count). The predicted octanol–water partition coefficient (Wildman–Crippen LogP) is 3.80. The number of methoxy groups -OCH3 is 1. The summed E-state index contributed by atoms with van der Waals surface area (Å²) < 4.78 is 21.1. The van der Waals surface area contributed by atoms with E-state index in [0.717, 1.165) is 10.9 Å². The van der Waals surface area contributed by atoms with Gasteiger partial charge in [0.05, 0.1) is 19.3 Å². The lowest BCUT2D eigenvalue weighted by Gasteiger charge is -2.13. The van der Waals surface area contributed by atoms with Gasteiger partial charge in [-0.3, -0.25) is 0 Å². The molecule has 0 amide bonds. The zero-order valence-corrected chi connectivity index (χ0v) is 15.4. The van der Waals surface area contributed by atoms with E-state index < -0.39 is 17.7 Å². The molecule has 0 spiro atoms. The molecule has 0 radical (unpaired) electrons. The van der Waals surface area contributed by atoms with Crippen molar-refractivity contribution in [3.8, 4) is 22.6 Å². The molecule has 0 saturated heterocycles. The molecule has 6 heteroatoms. The second kappa shape index (κ2) is 7.95. The van der Waals surface area contributed by atoms with Crippen molar-refractivity contribution in [2.24, 2.45) is 0 Å². The number of fused-ring (bicyclic) bond motifs is 1. The number of hydrogen-bond donors (Lipinski definition) is 0. The summed E-state index contributed by atoms with van der Waals surface area (Å²) in [7, 11) is 1.59. The first-order chi connectivity index (χ1) is 13.0. The van der Waals surface area contributed by atoms with Gasteiger partial charge in [0.25, 0.3) is 0 Å². The first-order valence-corrected chi connectivity index (χ1v) is 8.57. The van der Waals surface area contributed by atoms with Crippen LogP contribution >= 0.6 is 0 Å². The largest absolute Gasteiger partial charge is 0.497 e. The lowest BCUT2D eigenvalue weighted by atomic mass is 10.1. The van der Waals surface area contributed by atoms with Crippen LogP contribution in [-0.2, 0) is 9.53 Å². The third-order valence-electron chi connectivity index (χ3n) is 4.04. The number of ether oxygens (including phenoxy) is 3. The minimum atomic E-state index is -0.757. The summed E-state index contributed by atoms with van der Waals surface area (Å²) in [5.41, 5.74) is 1.12. The zero-order valence-electron chi connectivity index (χ0n) is 15.4. The van der Waals surface area contributed by atoms with Gasteiger partial charge in [-0.05, 0) is 49.7 Å². The third kappa shape index (κ3) is 4.11. The topological polar surface area (TPSA) is 75.0 Å². The molecule has 3 aromatic rings. The van der Waals surface area contributed by atoms with Crippen molar-refractivity contribution in [2.45, 2.75) is 20.0 Å².